The third-order valence-corrected chi connectivity index (χ3v) is 4.37. The highest BCUT2D eigenvalue weighted by Gasteiger charge is 2.28. The van der Waals surface area contributed by atoms with E-state index in [-0.39, 0.29) is 0 Å². The van der Waals surface area contributed by atoms with Gasteiger partial charge in [-0.05, 0) is 18.8 Å². The van der Waals surface area contributed by atoms with Crippen molar-refractivity contribution in [2.75, 3.05) is 19.6 Å². The van der Waals surface area contributed by atoms with Crippen LogP contribution in [-0.2, 0) is 6.54 Å². The fraction of sp³-hybridized carbons (Fsp3) is 0.812. The topological polar surface area (TPSA) is 33.1 Å². The number of rotatable bonds is 7. The van der Waals surface area contributed by atoms with Crippen LogP contribution in [0.1, 0.15) is 40.0 Å². The Kier molecular flexibility index (Phi) is 6.05. The van der Waals surface area contributed by atoms with Crippen LogP contribution in [0.15, 0.2) is 18.7 Å². The molecule has 1 aliphatic rings. The first-order valence-electron chi connectivity index (χ1n) is 8.14. The summed E-state index contributed by atoms with van der Waals surface area (Å²) in [5, 5.41) is 3.73. The number of hydrogen-bond donors (Lipinski definition) is 1. The monoisotopic (exact) mass is 278 g/mol. The highest BCUT2D eigenvalue weighted by atomic mass is 15.2. The van der Waals surface area contributed by atoms with Crippen LogP contribution in [0.5, 0.6) is 0 Å². The van der Waals surface area contributed by atoms with Gasteiger partial charge in [0.1, 0.15) is 0 Å². The highest BCUT2D eigenvalue weighted by molar-refractivity contribution is 4.87. The van der Waals surface area contributed by atoms with Crippen LogP contribution in [0, 0.1) is 5.92 Å². The lowest BCUT2D eigenvalue weighted by Crippen LogP contribution is -2.58. The van der Waals surface area contributed by atoms with Gasteiger partial charge in [0.15, 0.2) is 0 Å². The highest BCUT2D eigenvalue weighted by Crippen LogP contribution is 2.17. The van der Waals surface area contributed by atoms with Gasteiger partial charge in [0.05, 0.1) is 6.33 Å². The Balaban J connectivity index is 1.83. The number of hydrogen-bond acceptors (Lipinski definition) is 3. The van der Waals surface area contributed by atoms with Gasteiger partial charge in [-0.15, -0.1) is 0 Å². The molecule has 0 aliphatic carbocycles. The standard InChI is InChI=1S/C16H30N4/c1-4-6-15-12-20(16(11-18-15)14(2)3)9-5-8-19-10-7-17-13-19/h7,10,13-16,18H,4-6,8-9,11-12H2,1-3H3. The Bertz CT molecular complexity index is 361. The fourth-order valence-corrected chi connectivity index (χ4v) is 3.23. The molecule has 0 amide bonds. The predicted molar refractivity (Wildman–Crippen MR) is 83.7 cm³/mol. The van der Waals surface area contributed by atoms with Gasteiger partial charge in [-0.2, -0.15) is 0 Å². The smallest absolute Gasteiger partial charge is 0.0945 e. The number of nitrogens with one attached hydrogen (secondary N) is 1. The van der Waals surface area contributed by atoms with Gasteiger partial charge in [-0.25, -0.2) is 4.98 Å². The molecule has 1 fully saturated rings. The second kappa shape index (κ2) is 7.79. The van der Waals surface area contributed by atoms with Crippen LogP contribution in [0.4, 0.5) is 0 Å². The van der Waals surface area contributed by atoms with Gasteiger partial charge in [0, 0.05) is 50.7 Å². The summed E-state index contributed by atoms with van der Waals surface area (Å²) in [6.07, 6.45) is 9.60. The summed E-state index contributed by atoms with van der Waals surface area (Å²) in [4.78, 5) is 6.81. The quantitative estimate of drug-likeness (QED) is 0.831. The molecule has 4 heteroatoms. The van der Waals surface area contributed by atoms with E-state index < -0.39 is 0 Å². The zero-order valence-electron chi connectivity index (χ0n) is 13.3. The van der Waals surface area contributed by atoms with Crippen LogP contribution >= 0.6 is 0 Å². The Hall–Kier alpha value is -0.870. The van der Waals surface area contributed by atoms with Crippen molar-refractivity contribution < 1.29 is 0 Å². The average molecular weight is 278 g/mol. The Morgan fingerprint density at radius 2 is 2.20 bits per heavy atom. The maximum atomic E-state index is 4.11. The van der Waals surface area contributed by atoms with E-state index in [1.54, 1.807) is 0 Å². The molecule has 1 aromatic heterocycles. The van der Waals surface area contributed by atoms with Crippen LogP contribution in [-0.4, -0.2) is 46.2 Å². The summed E-state index contributed by atoms with van der Waals surface area (Å²) in [7, 11) is 0. The van der Waals surface area contributed by atoms with E-state index in [1.165, 1.54) is 32.4 Å². The van der Waals surface area contributed by atoms with E-state index >= 15 is 0 Å². The van der Waals surface area contributed by atoms with Crippen LogP contribution in [0.3, 0.4) is 0 Å². The molecule has 1 aromatic rings. The molecule has 20 heavy (non-hydrogen) atoms. The van der Waals surface area contributed by atoms with E-state index in [4.69, 9.17) is 0 Å². The maximum Gasteiger partial charge on any atom is 0.0945 e. The fourth-order valence-electron chi connectivity index (χ4n) is 3.23. The SMILES string of the molecule is CCCC1CN(CCCn2ccnc2)C(C(C)C)CN1. The normalized spacial score (nSPS) is 24.4. The summed E-state index contributed by atoms with van der Waals surface area (Å²) >= 11 is 0. The minimum absolute atomic E-state index is 0.684. The molecule has 2 heterocycles. The molecule has 0 radical (unpaired) electrons. The number of nitrogens with zero attached hydrogens (tertiary/aromatic N) is 3. The molecule has 2 atom stereocenters. The van der Waals surface area contributed by atoms with E-state index in [2.05, 4.69) is 46.7 Å². The van der Waals surface area contributed by atoms with Crippen molar-refractivity contribution in [3.05, 3.63) is 18.7 Å². The Morgan fingerprint density at radius 1 is 1.35 bits per heavy atom. The van der Waals surface area contributed by atoms with E-state index in [0.29, 0.717) is 12.1 Å². The summed E-state index contributed by atoms with van der Waals surface area (Å²) in [5.41, 5.74) is 0. The van der Waals surface area contributed by atoms with Gasteiger partial charge >= 0.3 is 0 Å². The van der Waals surface area contributed by atoms with Gasteiger partial charge < -0.3 is 9.88 Å². The van der Waals surface area contributed by atoms with Crippen molar-refractivity contribution in [2.24, 2.45) is 5.92 Å². The van der Waals surface area contributed by atoms with Gasteiger partial charge in [0.2, 0.25) is 0 Å². The molecule has 1 N–H and O–H groups in total. The Morgan fingerprint density at radius 3 is 2.85 bits per heavy atom. The lowest BCUT2D eigenvalue weighted by atomic mass is 9.97. The molecule has 4 nitrogen and oxygen atoms in total. The number of imidazole rings is 1. The summed E-state index contributed by atoms with van der Waals surface area (Å²) < 4.78 is 2.18. The van der Waals surface area contributed by atoms with E-state index in [0.717, 1.165) is 19.0 Å². The first-order chi connectivity index (χ1) is 9.70. The zero-order valence-corrected chi connectivity index (χ0v) is 13.3. The van der Waals surface area contributed by atoms with Crippen molar-refractivity contribution in [1.82, 2.24) is 19.8 Å². The van der Waals surface area contributed by atoms with Crippen molar-refractivity contribution in [2.45, 2.75) is 58.7 Å². The molecule has 0 spiro atoms. The lowest BCUT2D eigenvalue weighted by Gasteiger charge is -2.42. The molecular formula is C16H30N4. The van der Waals surface area contributed by atoms with Crippen LogP contribution in [0.25, 0.3) is 0 Å². The molecule has 2 unspecified atom stereocenters. The molecule has 0 saturated carbocycles. The molecule has 1 saturated heterocycles. The second-order valence-corrected chi connectivity index (χ2v) is 6.35. The number of aromatic nitrogens is 2. The molecule has 2 rings (SSSR count). The minimum atomic E-state index is 0.684. The number of aryl methyl sites for hydroxylation is 1. The summed E-state index contributed by atoms with van der Waals surface area (Å²) in [6, 6.07) is 1.37. The van der Waals surface area contributed by atoms with E-state index in [1.807, 2.05) is 12.5 Å². The molecule has 0 aromatic carbocycles. The zero-order chi connectivity index (χ0) is 14.4. The lowest BCUT2D eigenvalue weighted by molar-refractivity contribution is 0.0931. The van der Waals surface area contributed by atoms with Crippen molar-refractivity contribution in [1.29, 1.82) is 0 Å². The Labute approximate surface area is 123 Å². The van der Waals surface area contributed by atoms with Crippen LogP contribution in [0.2, 0.25) is 0 Å². The van der Waals surface area contributed by atoms with Crippen LogP contribution < -0.4 is 5.32 Å². The minimum Gasteiger partial charge on any atom is -0.337 e. The van der Waals surface area contributed by atoms with Gasteiger partial charge in [-0.3, -0.25) is 4.90 Å². The maximum absolute atomic E-state index is 4.11. The van der Waals surface area contributed by atoms with Crippen molar-refractivity contribution in [3.63, 3.8) is 0 Å². The summed E-state index contributed by atoms with van der Waals surface area (Å²) in [6.45, 7) is 11.6. The molecule has 1 aliphatic heterocycles. The molecule has 0 bridgehead atoms. The van der Waals surface area contributed by atoms with Gasteiger partial charge in [-0.1, -0.05) is 27.2 Å². The average Bonchev–Trinajstić information content (AvgIpc) is 2.92. The largest absolute Gasteiger partial charge is 0.337 e. The third-order valence-electron chi connectivity index (χ3n) is 4.37. The molecule has 114 valence electrons. The molecular weight excluding hydrogens is 248 g/mol. The second-order valence-electron chi connectivity index (χ2n) is 6.35. The predicted octanol–water partition coefficient (Wildman–Crippen LogP) is 2.37. The summed E-state index contributed by atoms with van der Waals surface area (Å²) in [5.74, 6) is 0.721. The first kappa shape index (κ1) is 15.5. The first-order valence-corrected chi connectivity index (χ1v) is 8.14. The van der Waals surface area contributed by atoms with Gasteiger partial charge in [0.25, 0.3) is 0 Å². The van der Waals surface area contributed by atoms with Crippen molar-refractivity contribution >= 4 is 0 Å². The third kappa shape index (κ3) is 4.32. The number of piperazine rings is 1. The van der Waals surface area contributed by atoms with Crippen molar-refractivity contribution in [3.8, 4) is 0 Å². The van der Waals surface area contributed by atoms with E-state index in [9.17, 15) is 0 Å².